The molecule has 2 N–H and O–H groups in total. The van der Waals surface area contributed by atoms with Crippen LogP contribution in [0.4, 0.5) is 8.78 Å². The first-order chi connectivity index (χ1) is 15.6. The Bertz CT molecular complexity index is 885. The number of likely N-dealkylation sites (tertiary alicyclic amines) is 1. The van der Waals surface area contributed by atoms with Crippen molar-refractivity contribution in [2.45, 2.75) is 82.8 Å². The largest absolute Gasteiger partial charge is 0.467 e. The van der Waals surface area contributed by atoms with Crippen LogP contribution in [0.1, 0.15) is 64.6 Å². The van der Waals surface area contributed by atoms with Gasteiger partial charge in [0, 0.05) is 12.5 Å². The van der Waals surface area contributed by atoms with Gasteiger partial charge in [0.25, 0.3) is 5.92 Å². The Labute approximate surface area is 193 Å². The van der Waals surface area contributed by atoms with E-state index in [9.17, 15) is 18.4 Å². The second kappa shape index (κ2) is 8.07. The minimum absolute atomic E-state index is 0.0182. The van der Waals surface area contributed by atoms with Crippen molar-refractivity contribution in [1.29, 1.82) is 0 Å². The highest BCUT2D eigenvalue weighted by atomic mass is 19.3. The number of halogens is 2. The van der Waals surface area contributed by atoms with Crippen LogP contribution in [0.2, 0.25) is 0 Å². The molecule has 2 heterocycles. The van der Waals surface area contributed by atoms with Crippen LogP contribution in [0.15, 0.2) is 22.8 Å². The Morgan fingerprint density at radius 3 is 2.58 bits per heavy atom. The lowest BCUT2D eigenvalue weighted by Gasteiger charge is -2.59. The molecule has 1 aromatic rings. The summed E-state index contributed by atoms with van der Waals surface area (Å²) >= 11 is 0. The fraction of sp³-hybridized carbons (Fsp3) is 0.760. The predicted molar refractivity (Wildman–Crippen MR) is 118 cm³/mol. The Balaban J connectivity index is 1.25. The molecule has 0 radical (unpaired) electrons. The van der Waals surface area contributed by atoms with Crippen molar-refractivity contribution in [1.82, 2.24) is 15.5 Å². The molecule has 5 aliphatic rings. The maximum absolute atomic E-state index is 14.0. The smallest absolute Gasteiger partial charge is 0.260 e. The number of amides is 2. The number of hydrogen-bond acceptors (Lipinski definition) is 4. The van der Waals surface area contributed by atoms with Crippen LogP contribution in [-0.2, 0) is 16.1 Å². The van der Waals surface area contributed by atoms with E-state index in [1.54, 1.807) is 25.0 Å². The van der Waals surface area contributed by atoms with E-state index in [4.69, 9.17) is 4.42 Å². The molecule has 1 aliphatic heterocycles. The van der Waals surface area contributed by atoms with E-state index < -0.39 is 11.5 Å². The third-order valence-corrected chi connectivity index (χ3v) is 8.79. The van der Waals surface area contributed by atoms with E-state index >= 15 is 0 Å². The summed E-state index contributed by atoms with van der Waals surface area (Å²) in [5.41, 5.74) is -1.36. The van der Waals surface area contributed by atoms with Gasteiger partial charge < -0.3 is 15.1 Å². The molecule has 8 heteroatoms. The van der Waals surface area contributed by atoms with Gasteiger partial charge in [0.05, 0.1) is 30.3 Å². The van der Waals surface area contributed by atoms with Crippen LogP contribution in [0, 0.1) is 23.2 Å². The average molecular weight is 464 g/mol. The van der Waals surface area contributed by atoms with Crippen LogP contribution >= 0.6 is 0 Å². The van der Waals surface area contributed by atoms with E-state index in [0.29, 0.717) is 25.4 Å². The first-order valence-electron chi connectivity index (χ1n) is 12.3. The SMILES string of the molecule is CC(C)(C(=O)NC1C2CC3CC1CC(C(=O)NCc1ccco1)(C3)C2)N1CCCC(F)(F)C1. The van der Waals surface area contributed by atoms with Gasteiger partial charge in [0.15, 0.2) is 0 Å². The maximum Gasteiger partial charge on any atom is 0.260 e. The predicted octanol–water partition coefficient (Wildman–Crippen LogP) is 3.72. The third kappa shape index (κ3) is 4.19. The summed E-state index contributed by atoms with van der Waals surface area (Å²) in [6.45, 7) is 4.04. The zero-order valence-electron chi connectivity index (χ0n) is 19.5. The number of furan rings is 1. The average Bonchev–Trinajstić information content (AvgIpc) is 3.27. The van der Waals surface area contributed by atoms with Crippen molar-refractivity contribution in [3.8, 4) is 0 Å². The lowest BCUT2D eigenvalue weighted by atomic mass is 9.47. The minimum Gasteiger partial charge on any atom is -0.467 e. The number of piperidine rings is 1. The first kappa shape index (κ1) is 22.8. The second-order valence-electron chi connectivity index (χ2n) is 11.5. The lowest BCUT2D eigenvalue weighted by molar-refractivity contribution is -0.153. The molecule has 1 aromatic heterocycles. The molecule has 33 heavy (non-hydrogen) atoms. The molecule has 0 aromatic carbocycles. The number of hydrogen-bond donors (Lipinski definition) is 2. The summed E-state index contributed by atoms with van der Waals surface area (Å²) in [6.07, 6.45) is 6.40. The molecule has 0 spiro atoms. The van der Waals surface area contributed by atoms with Crippen molar-refractivity contribution >= 4 is 11.8 Å². The van der Waals surface area contributed by atoms with Crippen molar-refractivity contribution in [2.24, 2.45) is 23.2 Å². The quantitative estimate of drug-likeness (QED) is 0.675. The highest BCUT2D eigenvalue weighted by Crippen LogP contribution is 2.60. The molecular weight excluding hydrogens is 428 g/mol. The van der Waals surface area contributed by atoms with Gasteiger partial charge in [0.1, 0.15) is 5.76 Å². The second-order valence-corrected chi connectivity index (χ2v) is 11.5. The van der Waals surface area contributed by atoms with Gasteiger partial charge in [-0.3, -0.25) is 14.5 Å². The van der Waals surface area contributed by atoms with Crippen molar-refractivity contribution in [3.05, 3.63) is 24.2 Å². The molecular formula is C25H35F2N3O3. The molecule has 5 fully saturated rings. The molecule has 4 bridgehead atoms. The number of carbonyl (C=O) groups excluding carboxylic acids is 2. The van der Waals surface area contributed by atoms with E-state index in [1.165, 1.54) is 0 Å². The first-order valence-corrected chi connectivity index (χ1v) is 12.3. The van der Waals surface area contributed by atoms with Crippen molar-refractivity contribution in [3.63, 3.8) is 0 Å². The number of alkyl halides is 2. The van der Waals surface area contributed by atoms with Crippen LogP contribution in [0.25, 0.3) is 0 Å². The number of carbonyl (C=O) groups is 2. The zero-order chi connectivity index (χ0) is 23.4. The molecule has 6 rings (SSSR count). The molecule has 2 unspecified atom stereocenters. The zero-order valence-corrected chi connectivity index (χ0v) is 19.5. The molecule has 2 amide bonds. The number of rotatable bonds is 6. The summed E-state index contributed by atoms with van der Waals surface area (Å²) in [6, 6.07) is 3.68. The Kier molecular flexibility index (Phi) is 5.58. The highest BCUT2D eigenvalue weighted by Gasteiger charge is 2.59. The van der Waals surface area contributed by atoms with E-state index in [1.807, 2.05) is 12.1 Å². The van der Waals surface area contributed by atoms with E-state index in [2.05, 4.69) is 10.6 Å². The van der Waals surface area contributed by atoms with Crippen molar-refractivity contribution in [2.75, 3.05) is 13.1 Å². The molecule has 1 saturated heterocycles. The van der Waals surface area contributed by atoms with Gasteiger partial charge in [0.2, 0.25) is 11.8 Å². The Morgan fingerprint density at radius 2 is 1.94 bits per heavy atom. The summed E-state index contributed by atoms with van der Waals surface area (Å²) in [5, 5.41) is 6.34. The molecule has 4 aliphatic carbocycles. The Hall–Kier alpha value is -1.96. The normalized spacial score (nSPS) is 35.4. The van der Waals surface area contributed by atoms with Gasteiger partial charge in [-0.2, -0.15) is 0 Å². The van der Waals surface area contributed by atoms with Crippen LogP contribution < -0.4 is 10.6 Å². The fourth-order valence-electron chi connectivity index (χ4n) is 7.22. The van der Waals surface area contributed by atoms with Gasteiger partial charge in [-0.1, -0.05) is 0 Å². The van der Waals surface area contributed by atoms with E-state index in [-0.39, 0.29) is 48.1 Å². The van der Waals surface area contributed by atoms with Crippen molar-refractivity contribution < 1.29 is 22.8 Å². The van der Waals surface area contributed by atoms with Gasteiger partial charge in [-0.15, -0.1) is 0 Å². The molecule has 4 saturated carbocycles. The summed E-state index contributed by atoms with van der Waals surface area (Å²) in [4.78, 5) is 28.2. The van der Waals surface area contributed by atoms with E-state index in [0.717, 1.165) is 37.9 Å². The summed E-state index contributed by atoms with van der Waals surface area (Å²) in [7, 11) is 0. The van der Waals surface area contributed by atoms with Gasteiger partial charge in [-0.25, -0.2) is 8.78 Å². The molecule has 6 nitrogen and oxygen atoms in total. The minimum atomic E-state index is -2.74. The Morgan fingerprint density at radius 1 is 1.21 bits per heavy atom. The molecule has 182 valence electrons. The number of nitrogens with zero attached hydrogens (tertiary/aromatic N) is 1. The van der Waals surface area contributed by atoms with Gasteiger partial charge >= 0.3 is 0 Å². The van der Waals surface area contributed by atoms with Crippen LogP contribution in [-0.4, -0.2) is 47.3 Å². The standard InChI is InChI=1S/C25H35F2N3O3/c1-23(2,30-7-4-6-25(26,27)15-30)21(31)29-20-17-9-16-10-18(20)13-24(11-16,12-17)22(32)28-14-19-5-3-8-33-19/h3,5,8,16-18,20H,4,6-7,9-15H2,1-2H3,(H,28,32)(H,29,31). The topological polar surface area (TPSA) is 74.6 Å². The number of nitrogens with one attached hydrogen (secondary N) is 2. The summed E-state index contributed by atoms with van der Waals surface area (Å²) in [5.74, 6) is -1.05. The highest BCUT2D eigenvalue weighted by molar-refractivity contribution is 5.86. The fourth-order valence-corrected chi connectivity index (χ4v) is 7.22. The lowest BCUT2D eigenvalue weighted by Crippen LogP contribution is -2.66. The summed E-state index contributed by atoms with van der Waals surface area (Å²) < 4.78 is 33.3. The maximum atomic E-state index is 14.0. The van der Waals surface area contributed by atoms with Crippen LogP contribution in [0.3, 0.4) is 0 Å². The third-order valence-electron chi connectivity index (χ3n) is 8.79. The van der Waals surface area contributed by atoms with Gasteiger partial charge in [-0.05, 0) is 88.8 Å². The molecule has 2 atom stereocenters. The van der Waals surface area contributed by atoms with Crippen LogP contribution in [0.5, 0.6) is 0 Å². The monoisotopic (exact) mass is 463 g/mol.